The van der Waals surface area contributed by atoms with Gasteiger partial charge in [-0.15, -0.1) is 0 Å². The predicted octanol–water partition coefficient (Wildman–Crippen LogP) is 3.49. The average molecular weight is 394 g/mol. The van der Waals surface area contributed by atoms with Crippen molar-refractivity contribution < 1.29 is 9.59 Å². The smallest absolute Gasteiger partial charge is 0.253 e. The van der Waals surface area contributed by atoms with Crippen LogP contribution in [0.15, 0.2) is 60.7 Å². The Kier molecular flexibility index (Phi) is 7.42. The lowest BCUT2D eigenvalue weighted by atomic mass is 10.0. The van der Waals surface area contributed by atoms with Gasteiger partial charge in [0, 0.05) is 31.7 Å². The van der Waals surface area contributed by atoms with Crippen molar-refractivity contribution in [2.75, 3.05) is 26.2 Å². The summed E-state index contributed by atoms with van der Waals surface area (Å²) in [4.78, 5) is 29.6. The Morgan fingerprint density at radius 2 is 1.52 bits per heavy atom. The molecule has 1 N–H and O–H groups in total. The van der Waals surface area contributed by atoms with Crippen LogP contribution < -0.4 is 5.32 Å². The molecule has 1 aliphatic rings. The summed E-state index contributed by atoms with van der Waals surface area (Å²) in [5.41, 5.74) is 1.87. The molecule has 1 fully saturated rings. The van der Waals surface area contributed by atoms with E-state index in [9.17, 15) is 9.59 Å². The summed E-state index contributed by atoms with van der Waals surface area (Å²) in [5, 5.41) is 3.23. The van der Waals surface area contributed by atoms with E-state index in [4.69, 9.17) is 0 Å². The molecule has 2 amide bonds. The van der Waals surface area contributed by atoms with Gasteiger partial charge in [0.2, 0.25) is 5.91 Å². The van der Waals surface area contributed by atoms with E-state index in [1.54, 1.807) is 0 Å². The topological polar surface area (TPSA) is 52.7 Å². The van der Waals surface area contributed by atoms with E-state index >= 15 is 0 Å². The van der Waals surface area contributed by atoms with Gasteiger partial charge in [0.05, 0.1) is 12.1 Å². The number of carbonyl (C=O) groups is 2. The number of hydrogen-bond donors (Lipinski definition) is 1. The average Bonchev–Trinajstić information content (AvgIpc) is 2.79. The lowest BCUT2D eigenvalue weighted by Gasteiger charge is -2.38. The Labute approximate surface area is 173 Å². The Morgan fingerprint density at radius 3 is 2.10 bits per heavy atom. The van der Waals surface area contributed by atoms with Gasteiger partial charge in [-0.05, 0) is 31.0 Å². The molecular weight excluding hydrogens is 362 g/mol. The summed E-state index contributed by atoms with van der Waals surface area (Å²) >= 11 is 0. The molecule has 2 aromatic rings. The van der Waals surface area contributed by atoms with Crippen molar-refractivity contribution in [2.24, 2.45) is 0 Å². The fraction of sp³-hybridized carbons (Fsp3) is 0.417. The van der Waals surface area contributed by atoms with Gasteiger partial charge in [0.25, 0.3) is 5.91 Å². The third-order valence-corrected chi connectivity index (χ3v) is 5.65. The summed E-state index contributed by atoms with van der Waals surface area (Å²) in [7, 11) is 0. The normalized spacial score (nSPS) is 16.8. The highest BCUT2D eigenvalue weighted by Crippen LogP contribution is 2.19. The molecule has 0 aliphatic carbocycles. The van der Waals surface area contributed by atoms with Crippen LogP contribution in [-0.2, 0) is 4.79 Å². The highest BCUT2D eigenvalue weighted by molar-refractivity contribution is 5.94. The second-order valence-electron chi connectivity index (χ2n) is 7.63. The Morgan fingerprint density at radius 1 is 0.931 bits per heavy atom. The summed E-state index contributed by atoms with van der Waals surface area (Å²) < 4.78 is 0. The molecule has 29 heavy (non-hydrogen) atoms. The van der Waals surface area contributed by atoms with Crippen molar-refractivity contribution in [1.29, 1.82) is 0 Å². The van der Waals surface area contributed by atoms with E-state index in [-0.39, 0.29) is 23.9 Å². The fourth-order valence-corrected chi connectivity index (χ4v) is 3.83. The lowest BCUT2D eigenvalue weighted by molar-refractivity contribution is -0.127. The number of piperazine rings is 1. The Balaban J connectivity index is 1.55. The minimum Gasteiger partial charge on any atom is -0.348 e. The zero-order valence-corrected chi connectivity index (χ0v) is 17.4. The van der Waals surface area contributed by atoms with Crippen LogP contribution >= 0.6 is 0 Å². The van der Waals surface area contributed by atoms with Crippen molar-refractivity contribution in [1.82, 2.24) is 15.1 Å². The van der Waals surface area contributed by atoms with Crippen LogP contribution in [0.1, 0.15) is 48.7 Å². The van der Waals surface area contributed by atoms with Gasteiger partial charge in [-0.1, -0.05) is 61.9 Å². The summed E-state index contributed by atoms with van der Waals surface area (Å²) in [5.74, 6) is 0.115. The second kappa shape index (κ2) is 10.2. The Hall–Kier alpha value is -2.66. The molecule has 0 saturated carbocycles. The quantitative estimate of drug-likeness (QED) is 0.783. The molecule has 0 aromatic heterocycles. The molecule has 5 nitrogen and oxygen atoms in total. The number of hydrogen-bond acceptors (Lipinski definition) is 3. The first-order valence-electron chi connectivity index (χ1n) is 10.5. The lowest BCUT2D eigenvalue weighted by Crippen LogP contribution is -2.55. The number of nitrogens with one attached hydrogen (secondary N) is 1. The van der Waals surface area contributed by atoms with Gasteiger partial charge in [-0.3, -0.25) is 14.5 Å². The van der Waals surface area contributed by atoms with E-state index in [1.165, 1.54) is 0 Å². The predicted molar refractivity (Wildman–Crippen MR) is 116 cm³/mol. The molecule has 154 valence electrons. The molecule has 5 heteroatoms. The molecule has 3 rings (SSSR count). The largest absolute Gasteiger partial charge is 0.348 e. The van der Waals surface area contributed by atoms with E-state index in [0.717, 1.165) is 24.0 Å². The highest BCUT2D eigenvalue weighted by atomic mass is 16.2. The number of benzene rings is 2. The number of rotatable bonds is 7. The van der Waals surface area contributed by atoms with Crippen LogP contribution in [-0.4, -0.2) is 53.8 Å². The minimum atomic E-state index is -0.216. The van der Waals surface area contributed by atoms with Crippen molar-refractivity contribution in [3.63, 3.8) is 0 Å². The number of carbonyl (C=O) groups excluding carboxylic acids is 2. The first-order valence-corrected chi connectivity index (χ1v) is 10.5. The maximum Gasteiger partial charge on any atom is 0.253 e. The van der Waals surface area contributed by atoms with Crippen molar-refractivity contribution in [2.45, 2.75) is 38.8 Å². The molecule has 1 saturated heterocycles. The SMILES string of the molecule is CCC[C@@H](NC(=O)[C@@H](C)N1CCN(C(=O)c2ccccc2)CC1)c1ccccc1. The summed E-state index contributed by atoms with van der Waals surface area (Å²) in [6, 6.07) is 19.4. The van der Waals surface area contributed by atoms with E-state index in [1.807, 2.05) is 60.4 Å². The van der Waals surface area contributed by atoms with Crippen molar-refractivity contribution in [3.05, 3.63) is 71.8 Å². The Bertz CT molecular complexity index is 786. The first kappa shape index (κ1) is 21.1. The van der Waals surface area contributed by atoms with Gasteiger partial charge in [0.15, 0.2) is 0 Å². The van der Waals surface area contributed by atoms with Crippen LogP contribution in [0.25, 0.3) is 0 Å². The summed E-state index contributed by atoms with van der Waals surface area (Å²) in [6.45, 7) is 6.78. The molecule has 2 aromatic carbocycles. The van der Waals surface area contributed by atoms with Gasteiger partial charge in [-0.2, -0.15) is 0 Å². The van der Waals surface area contributed by atoms with Gasteiger partial charge in [0.1, 0.15) is 0 Å². The van der Waals surface area contributed by atoms with Crippen molar-refractivity contribution >= 4 is 11.8 Å². The molecule has 0 bridgehead atoms. The zero-order valence-electron chi connectivity index (χ0n) is 17.4. The molecular formula is C24H31N3O2. The molecule has 0 unspecified atom stereocenters. The minimum absolute atomic E-state index is 0.0390. The standard InChI is InChI=1S/C24H31N3O2/c1-3-10-22(20-11-6-4-7-12-20)25-23(28)19(2)26-15-17-27(18-16-26)24(29)21-13-8-5-9-14-21/h4-9,11-14,19,22H,3,10,15-18H2,1-2H3,(H,25,28)/t19-,22-/m1/s1. The van der Waals surface area contributed by atoms with E-state index in [0.29, 0.717) is 26.2 Å². The third-order valence-electron chi connectivity index (χ3n) is 5.65. The van der Waals surface area contributed by atoms with Crippen LogP contribution in [0.4, 0.5) is 0 Å². The molecule has 1 aliphatic heterocycles. The second-order valence-corrected chi connectivity index (χ2v) is 7.63. The third kappa shape index (κ3) is 5.45. The fourth-order valence-electron chi connectivity index (χ4n) is 3.83. The molecule has 0 spiro atoms. The number of nitrogens with zero attached hydrogens (tertiary/aromatic N) is 2. The van der Waals surface area contributed by atoms with Crippen LogP contribution in [0, 0.1) is 0 Å². The van der Waals surface area contributed by atoms with Crippen LogP contribution in [0.5, 0.6) is 0 Å². The zero-order chi connectivity index (χ0) is 20.6. The van der Waals surface area contributed by atoms with Crippen LogP contribution in [0.3, 0.4) is 0 Å². The maximum absolute atomic E-state index is 12.9. The summed E-state index contributed by atoms with van der Waals surface area (Å²) in [6.07, 6.45) is 1.93. The first-order chi connectivity index (χ1) is 14.1. The highest BCUT2D eigenvalue weighted by Gasteiger charge is 2.28. The molecule has 0 radical (unpaired) electrons. The number of amides is 2. The molecule has 2 atom stereocenters. The van der Waals surface area contributed by atoms with Crippen LogP contribution in [0.2, 0.25) is 0 Å². The van der Waals surface area contributed by atoms with Gasteiger partial charge >= 0.3 is 0 Å². The van der Waals surface area contributed by atoms with Gasteiger partial charge in [-0.25, -0.2) is 0 Å². The van der Waals surface area contributed by atoms with E-state index < -0.39 is 0 Å². The monoisotopic (exact) mass is 393 g/mol. The maximum atomic E-state index is 12.9. The molecule has 1 heterocycles. The van der Waals surface area contributed by atoms with E-state index in [2.05, 4.69) is 29.3 Å². The van der Waals surface area contributed by atoms with Crippen molar-refractivity contribution in [3.8, 4) is 0 Å². The van der Waals surface area contributed by atoms with Gasteiger partial charge < -0.3 is 10.2 Å².